The van der Waals surface area contributed by atoms with Gasteiger partial charge in [-0.15, -0.1) is 0 Å². The molecule has 1 aromatic rings. The Bertz CT molecular complexity index is 291. The molecule has 2 rings (SSSR count). The van der Waals surface area contributed by atoms with E-state index in [2.05, 4.69) is 6.08 Å². The Balaban J connectivity index is -0.00000000931. The molecular formula is C9H8Mo12OV. The Morgan fingerprint density at radius 3 is 1.39 bits per heavy atom. The first kappa shape index (κ1) is 77.5. The van der Waals surface area contributed by atoms with Crippen LogP contribution in [0.5, 0.6) is 5.75 Å². The second-order valence-corrected chi connectivity index (χ2v) is 2.25. The van der Waals surface area contributed by atoms with Crippen LogP contribution in [0.3, 0.4) is 0 Å². The van der Waals surface area contributed by atoms with E-state index in [-0.39, 0.29) is 271 Å². The molecule has 0 aliphatic carbocycles. The van der Waals surface area contributed by atoms with Gasteiger partial charge < -0.3 is 4.74 Å². The van der Waals surface area contributed by atoms with Gasteiger partial charge in [0.15, 0.2) is 0 Å². The van der Waals surface area contributed by atoms with Crippen molar-refractivity contribution in [2.45, 2.75) is 0 Å². The first-order valence-electron chi connectivity index (χ1n) is 3.35. The van der Waals surface area contributed by atoms with Crippen LogP contribution < -0.4 is 4.74 Å². The molecule has 1 nitrogen and oxygen atoms in total. The summed E-state index contributed by atoms with van der Waals surface area (Å²) in [6.45, 7) is 0.705. The minimum Gasteiger partial charge on any atom is -0.489 e. The third kappa shape index (κ3) is 34.4. The third-order valence-electron chi connectivity index (χ3n) is 1.55. The van der Waals surface area contributed by atoms with E-state index in [4.69, 9.17) is 4.74 Å². The summed E-state index contributed by atoms with van der Waals surface area (Å²) in [7, 11) is 0. The predicted octanol–water partition coefficient (Wildman–Crippen LogP) is 2.06. The summed E-state index contributed by atoms with van der Waals surface area (Å²) in [5.41, 5.74) is 1.17. The Morgan fingerprint density at radius 2 is 1.00 bits per heavy atom. The first-order chi connectivity index (χ1) is 4.97. The third-order valence-corrected chi connectivity index (χ3v) is 1.55. The smallest absolute Gasteiger partial charge is 0.126 e. The second kappa shape index (κ2) is 51.9. The number of fused-ring (bicyclic) bond motifs is 1. The Kier molecular flexibility index (Phi) is 175. The molecule has 0 unspecified atom stereocenters. The average molecular weight is 1330 g/mol. The van der Waals surface area contributed by atoms with Crippen LogP contribution >= 0.6 is 0 Å². The molecule has 127 valence electrons. The van der Waals surface area contributed by atoms with Gasteiger partial charge in [-0.2, -0.15) is 0 Å². The van der Waals surface area contributed by atoms with Crippen molar-refractivity contribution in [3.05, 3.63) is 35.9 Å². The van der Waals surface area contributed by atoms with Gasteiger partial charge in [0.25, 0.3) is 0 Å². The fourth-order valence-corrected chi connectivity index (χ4v) is 1.06. The molecule has 0 saturated carbocycles. The molecule has 0 aromatic heterocycles. The number of benzene rings is 1. The van der Waals surface area contributed by atoms with E-state index in [0.29, 0.717) is 6.61 Å². The van der Waals surface area contributed by atoms with Gasteiger partial charge in [-0.25, -0.2) is 0 Å². The summed E-state index contributed by atoms with van der Waals surface area (Å²) in [5, 5.41) is 0. The van der Waals surface area contributed by atoms with Gasteiger partial charge >= 0.3 is 0 Å². The van der Waals surface area contributed by atoms with Crippen molar-refractivity contribution < 1.29 is 276 Å². The summed E-state index contributed by atoms with van der Waals surface area (Å²) in [6, 6.07) is 8.03. The number of hydrogen-bond acceptors (Lipinski definition) is 1. The van der Waals surface area contributed by atoms with E-state index in [9.17, 15) is 0 Å². The number of rotatable bonds is 0. The summed E-state index contributed by atoms with van der Waals surface area (Å²) in [4.78, 5) is 0. The maximum absolute atomic E-state index is 5.34. The number of para-hydroxylation sites is 1. The van der Waals surface area contributed by atoms with Gasteiger partial charge in [0.05, 0.1) is 0 Å². The van der Waals surface area contributed by atoms with Crippen molar-refractivity contribution in [2.75, 3.05) is 6.61 Å². The molecule has 0 saturated heterocycles. The largest absolute Gasteiger partial charge is 0.489 e. The zero-order chi connectivity index (χ0) is 6.81. The molecular weight excluding hydrogens is 1330 g/mol. The van der Waals surface area contributed by atoms with Crippen LogP contribution in [-0.2, 0) is 271 Å². The topological polar surface area (TPSA) is 9.23 Å². The maximum Gasteiger partial charge on any atom is 0.126 e. The standard InChI is InChI=1S/C9H8O.12Mo.V/c1-2-6-9-8(4-1)5-3-7-10-9;;;;;;;;;;;;;/h1-6H,7H2;;;;;;;;;;;;;. The minimum atomic E-state index is 0. The molecule has 1 aromatic carbocycles. The van der Waals surface area contributed by atoms with Crippen LogP contribution in [-0.4, -0.2) is 6.61 Å². The molecule has 1 radical (unpaired) electrons. The Labute approximate surface area is 323 Å². The van der Waals surface area contributed by atoms with Gasteiger partial charge in [0.2, 0.25) is 0 Å². The van der Waals surface area contributed by atoms with Crippen molar-refractivity contribution in [1.29, 1.82) is 0 Å². The van der Waals surface area contributed by atoms with Crippen molar-refractivity contribution >= 4 is 6.08 Å². The van der Waals surface area contributed by atoms with Crippen LogP contribution in [0, 0.1) is 0 Å². The van der Waals surface area contributed by atoms with E-state index in [0.717, 1.165) is 5.75 Å². The summed E-state index contributed by atoms with van der Waals surface area (Å²) >= 11 is 0. The molecule has 0 amide bonds. The molecule has 0 spiro atoms. The average Bonchev–Trinajstić information content (AvgIpc) is 2.05. The van der Waals surface area contributed by atoms with Gasteiger partial charge in [-0.05, 0) is 12.1 Å². The molecule has 0 bridgehead atoms. The molecule has 1 aliphatic rings. The normalized spacial score (nSPS) is 6.09. The molecule has 1 heterocycles. The second-order valence-electron chi connectivity index (χ2n) is 2.25. The van der Waals surface area contributed by atoms with Crippen molar-refractivity contribution in [3.63, 3.8) is 0 Å². The van der Waals surface area contributed by atoms with E-state index in [1.165, 1.54) is 5.56 Å². The fraction of sp³-hybridized carbons (Fsp3) is 0.111. The van der Waals surface area contributed by atoms with Crippen LogP contribution in [0.1, 0.15) is 5.56 Å². The molecule has 14 heteroatoms. The van der Waals surface area contributed by atoms with E-state index < -0.39 is 0 Å². The molecule has 0 N–H and O–H groups in total. The summed E-state index contributed by atoms with van der Waals surface area (Å²) in [5.74, 6) is 0.991. The monoisotopic (exact) mass is 1360 g/mol. The maximum atomic E-state index is 5.34. The van der Waals surface area contributed by atoms with Crippen LogP contribution in [0.4, 0.5) is 0 Å². The van der Waals surface area contributed by atoms with Gasteiger partial charge in [-0.1, -0.05) is 24.3 Å². The number of hydrogen-bond donors (Lipinski definition) is 0. The van der Waals surface area contributed by atoms with Crippen molar-refractivity contribution in [1.82, 2.24) is 0 Å². The Morgan fingerprint density at radius 1 is 0.609 bits per heavy atom. The van der Waals surface area contributed by atoms with Crippen LogP contribution in [0.2, 0.25) is 0 Å². The molecule has 23 heavy (non-hydrogen) atoms. The fourth-order valence-electron chi connectivity index (χ4n) is 1.06. The van der Waals surface area contributed by atoms with Crippen molar-refractivity contribution in [2.24, 2.45) is 0 Å². The van der Waals surface area contributed by atoms with Crippen LogP contribution in [0.25, 0.3) is 6.08 Å². The Hall–Kier alpha value is 7.60. The summed E-state index contributed by atoms with van der Waals surface area (Å²) in [6.07, 6.45) is 4.10. The minimum absolute atomic E-state index is 0. The van der Waals surface area contributed by atoms with E-state index in [1.54, 1.807) is 0 Å². The quantitative estimate of drug-likeness (QED) is 0.363. The predicted molar refractivity (Wildman–Crippen MR) is 41.0 cm³/mol. The molecule has 0 atom stereocenters. The van der Waals surface area contributed by atoms with E-state index in [1.807, 2.05) is 30.3 Å². The zero-order valence-electron chi connectivity index (χ0n) is 10.9. The first-order valence-corrected chi connectivity index (χ1v) is 3.35. The van der Waals surface area contributed by atoms with E-state index >= 15 is 0 Å². The summed E-state index contributed by atoms with van der Waals surface area (Å²) < 4.78 is 5.34. The van der Waals surface area contributed by atoms with Crippen LogP contribution in [0.15, 0.2) is 30.3 Å². The van der Waals surface area contributed by atoms with Crippen molar-refractivity contribution in [3.8, 4) is 5.75 Å². The zero-order valence-corrected chi connectivity index (χ0v) is 36.4. The molecule has 1 aliphatic heterocycles. The number of ether oxygens (including phenoxy) is 1. The SMILES string of the molecule is C1=Cc2ccccc2OC1.[Mo].[Mo].[Mo].[Mo].[Mo].[Mo].[Mo].[Mo].[Mo].[Mo].[Mo].[Mo].[V]. The van der Waals surface area contributed by atoms with Gasteiger partial charge in [0.1, 0.15) is 12.4 Å². The van der Waals surface area contributed by atoms with Gasteiger partial charge in [-0.3, -0.25) is 0 Å². The van der Waals surface area contributed by atoms with Gasteiger partial charge in [0, 0.05) is 277 Å². The molecule has 0 fully saturated rings.